The molecule has 0 spiro atoms. The van der Waals surface area contributed by atoms with E-state index in [2.05, 4.69) is 10.1 Å². The molecule has 2 N–H and O–H groups in total. The lowest BCUT2D eigenvalue weighted by atomic mass is 10.2. The van der Waals surface area contributed by atoms with Crippen LogP contribution in [-0.2, 0) is 6.42 Å². The molecule has 0 atom stereocenters. The molecule has 1 aromatic heterocycles. The normalized spacial score (nSPS) is 10.8. The summed E-state index contributed by atoms with van der Waals surface area (Å²) in [5.74, 6) is 1.61. The van der Waals surface area contributed by atoms with E-state index in [-0.39, 0.29) is 0 Å². The Labute approximate surface area is 105 Å². The van der Waals surface area contributed by atoms with Crippen molar-refractivity contribution in [3.63, 3.8) is 0 Å². The smallest absolute Gasteiger partial charge is 0.152 e. The van der Waals surface area contributed by atoms with Gasteiger partial charge in [-0.05, 0) is 38.1 Å². The maximum atomic E-state index is 6.01. The van der Waals surface area contributed by atoms with Gasteiger partial charge in [-0.1, -0.05) is 17.7 Å². The van der Waals surface area contributed by atoms with E-state index in [9.17, 15) is 0 Å². The molecule has 0 saturated carbocycles. The van der Waals surface area contributed by atoms with E-state index < -0.39 is 0 Å². The summed E-state index contributed by atoms with van der Waals surface area (Å²) < 4.78 is 1.81. The van der Waals surface area contributed by atoms with Crippen LogP contribution in [0.5, 0.6) is 0 Å². The molecule has 90 valence electrons. The largest absolute Gasteiger partial charge is 0.330 e. The standard InChI is InChI=1S/C12H15ClN4/c1-8-3-4-10(13)7-11(8)17-9(2)15-12(16-17)5-6-14/h3-4,7H,5-6,14H2,1-2H3. The third-order valence-corrected chi connectivity index (χ3v) is 2.82. The summed E-state index contributed by atoms with van der Waals surface area (Å²) in [6, 6.07) is 5.74. The quantitative estimate of drug-likeness (QED) is 0.907. The molecule has 2 rings (SSSR count). The number of hydrogen-bond acceptors (Lipinski definition) is 3. The van der Waals surface area contributed by atoms with Crippen molar-refractivity contribution in [3.05, 3.63) is 40.4 Å². The Hall–Kier alpha value is -1.39. The third-order valence-electron chi connectivity index (χ3n) is 2.58. The van der Waals surface area contributed by atoms with Crippen LogP contribution in [0.3, 0.4) is 0 Å². The number of nitrogens with zero attached hydrogens (tertiary/aromatic N) is 3. The van der Waals surface area contributed by atoms with Crippen molar-refractivity contribution in [2.24, 2.45) is 5.73 Å². The average molecular weight is 251 g/mol. The fraction of sp³-hybridized carbons (Fsp3) is 0.333. The molecule has 0 aliphatic rings. The minimum absolute atomic E-state index is 0.554. The summed E-state index contributed by atoms with van der Waals surface area (Å²) in [7, 11) is 0. The lowest BCUT2D eigenvalue weighted by Crippen LogP contribution is -2.05. The molecular formula is C12H15ClN4. The molecule has 0 radical (unpaired) electrons. The van der Waals surface area contributed by atoms with Crippen LogP contribution in [0, 0.1) is 13.8 Å². The molecule has 0 unspecified atom stereocenters. The highest BCUT2D eigenvalue weighted by molar-refractivity contribution is 6.30. The first-order chi connectivity index (χ1) is 8.11. The van der Waals surface area contributed by atoms with Gasteiger partial charge in [0.2, 0.25) is 0 Å². The minimum atomic E-state index is 0.554. The van der Waals surface area contributed by atoms with E-state index in [1.54, 1.807) is 0 Å². The van der Waals surface area contributed by atoms with Gasteiger partial charge in [0.15, 0.2) is 5.82 Å². The van der Waals surface area contributed by atoms with Crippen LogP contribution in [0.15, 0.2) is 18.2 Å². The predicted molar refractivity (Wildman–Crippen MR) is 68.6 cm³/mol. The Balaban J connectivity index is 2.48. The second-order valence-electron chi connectivity index (χ2n) is 3.96. The van der Waals surface area contributed by atoms with Gasteiger partial charge in [0.25, 0.3) is 0 Å². The first kappa shape index (κ1) is 12.1. The Kier molecular flexibility index (Phi) is 3.45. The fourth-order valence-corrected chi connectivity index (χ4v) is 1.88. The molecule has 0 aliphatic carbocycles. The van der Waals surface area contributed by atoms with Crippen LogP contribution in [0.2, 0.25) is 5.02 Å². The van der Waals surface area contributed by atoms with Crippen LogP contribution >= 0.6 is 11.6 Å². The summed E-state index contributed by atoms with van der Waals surface area (Å²) >= 11 is 6.01. The summed E-state index contributed by atoms with van der Waals surface area (Å²) in [5.41, 5.74) is 7.58. The maximum absolute atomic E-state index is 6.01. The average Bonchev–Trinajstić information content (AvgIpc) is 2.64. The molecule has 0 aliphatic heterocycles. The second-order valence-corrected chi connectivity index (χ2v) is 4.39. The zero-order valence-electron chi connectivity index (χ0n) is 9.94. The zero-order valence-corrected chi connectivity index (χ0v) is 10.7. The first-order valence-corrected chi connectivity index (χ1v) is 5.88. The van der Waals surface area contributed by atoms with Gasteiger partial charge >= 0.3 is 0 Å². The molecule has 4 nitrogen and oxygen atoms in total. The molecule has 0 amide bonds. The predicted octanol–water partition coefficient (Wildman–Crippen LogP) is 2.04. The van der Waals surface area contributed by atoms with Crippen LogP contribution in [0.25, 0.3) is 5.69 Å². The van der Waals surface area contributed by atoms with Crippen molar-refractivity contribution in [3.8, 4) is 5.69 Å². The highest BCUT2D eigenvalue weighted by Gasteiger charge is 2.09. The highest BCUT2D eigenvalue weighted by Crippen LogP contribution is 2.19. The number of rotatable bonds is 3. The molecule has 17 heavy (non-hydrogen) atoms. The number of nitrogens with two attached hydrogens (primary N) is 1. The summed E-state index contributed by atoms with van der Waals surface area (Å²) in [6.07, 6.45) is 0.688. The molecule has 0 bridgehead atoms. The lowest BCUT2D eigenvalue weighted by molar-refractivity contribution is 0.799. The molecule has 1 aromatic carbocycles. The van der Waals surface area contributed by atoms with E-state index in [1.807, 2.05) is 36.7 Å². The fourth-order valence-electron chi connectivity index (χ4n) is 1.72. The van der Waals surface area contributed by atoms with Crippen molar-refractivity contribution in [1.29, 1.82) is 0 Å². The number of aryl methyl sites for hydroxylation is 2. The number of hydrogen-bond donors (Lipinski definition) is 1. The van der Waals surface area contributed by atoms with Gasteiger partial charge in [0.1, 0.15) is 5.82 Å². The van der Waals surface area contributed by atoms with E-state index in [0.29, 0.717) is 18.0 Å². The third kappa shape index (κ3) is 2.48. The van der Waals surface area contributed by atoms with E-state index in [1.165, 1.54) is 0 Å². The number of halogens is 1. The second kappa shape index (κ2) is 4.85. The van der Waals surface area contributed by atoms with Gasteiger partial charge in [0, 0.05) is 11.4 Å². The van der Waals surface area contributed by atoms with Gasteiger partial charge in [-0.2, -0.15) is 5.10 Å². The number of aromatic nitrogens is 3. The van der Waals surface area contributed by atoms with E-state index in [0.717, 1.165) is 22.9 Å². The van der Waals surface area contributed by atoms with Gasteiger partial charge in [0.05, 0.1) is 5.69 Å². The van der Waals surface area contributed by atoms with Crippen molar-refractivity contribution < 1.29 is 0 Å². The SMILES string of the molecule is Cc1ccc(Cl)cc1-n1nc(CCN)nc1C. The molecule has 1 heterocycles. The summed E-state index contributed by atoms with van der Waals surface area (Å²) in [4.78, 5) is 4.38. The molecule has 0 fully saturated rings. The number of benzene rings is 1. The van der Waals surface area contributed by atoms with Crippen molar-refractivity contribution >= 4 is 11.6 Å². The van der Waals surface area contributed by atoms with Gasteiger partial charge in [-0.15, -0.1) is 0 Å². The van der Waals surface area contributed by atoms with E-state index >= 15 is 0 Å². The summed E-state index contributed by atoms with van der Waals surface area (Å²) in [6.45, 7) is 4.50. The first-order valence-electron chi connectivity index (χ1n) is 5.51. The van der Waals surface area contributed by atoms with Crippen molar-refractivity contribution in [1.82, 2.24) is 14.8 Å². The monoisotopic (exact) mass is 250 g/mol. The Morgan fingerprint density at radius 3 is 2.82 bits per heavy atom. The van der Waals surface area contributed by atoms with Gasteiger partial charge in [-0.3, -0.25) is 0 Å². The highest BCUT2D eigenvalue weighted by atomic mass is 35.5. The molecular weight excluding hydrogens is 236 g/mol. The van der Waals surface area contributed by atoms with Crippen LogP contribution in [0.4, 0.5) is 0 Å². The van der Waals surface area contributed by atoms with Crippen LogP contribution < -0.4 is 5.73 Å². The Bertz CT molecular complexity index is 533. The Morgan fingerprint density at radius 1 is 1.35 bits per heavy atom. The Morgan fingerprint density at radius 2 is 2.12 bits per heavy atom. The van der Waals surface area contributed by atoms with Gasteiger partial charge < -0.3 is 5.73 Å². The van der Waals surface area contributed by atoms with E-state index in [4.69, 9.17) is 17.3 Å². The van der Waals surface area contributed by atoms with Crippen LogP contribution in [0.1, 0.15) is 17.2 Å². The molecule has 2 aromatic rings. The molecule has 5 heteroatoms. The topological polar surface area (TPSA) is 56.7 Å². The lowest BCUT2D eigenvalue weighted by Gasteiger charge is -2.07. The zero-order chi connectivity index (χ0) is 12.4. The van der Waals surface area contributed by atoms with Gasteiger partial charge in [-0.25, -0.2) is 9.67 Å². The maximum Gasteiger partial charge on any atom is 0.152 e. The van der Waals surface area contributed by atoms with Crippen LogP contribution in [-0.4, -0.2) is 21.3 Å². The van der Waals surface area contributed by atoms with Crippen molar-refractivity contribution in [2.45, 2.75) is 20.3 Å². The van der Waals surface area contributed by atoms with Crippen molar-refractivity contribution in [2.75, 3.05) is 6.54 Å². The summed E-state index contributed by atoms with van der Waals surface area (Å²) in [5, 5.41) is 5.13. The minimum Gasteiger partial charge on any atom is -0.330 e. The molecule has 0 saturated heterocycles.